The molecule has 0 radical (unpaired) electrons. The zero-order valence-corrected chi connectivity index (χ0v) is 7.78. The lowest BCUT2D eigenvalue weighted by molar-refractivity contribution is 0.411. The van der Waals surface area contributed by atoms with Crippen molar-refractivity contribution in [3.05, 3.63) is 28.5 Å². The first-order chi connectivity index (χ1) is 5.69. The van der Waals surface area contributed by atoms with Crippen LogP contribution < -0.4 is 4.74 Å². The molecule has 66 valence electrons. The third-order valence-corrected chi connectivity index (χ3v) is 2.04. The Balaban J connectivity index is 3.18. The molecule has 0 spiro atoms. The molecule has 1 nitrogen and oxygen atoms in total. The van der Waals surface area contributed by atoms with E-state index in [9.17, 15) is 4.39 Å². The Bertz CT molecular complexity index is 263. The molecule has 1 rings (SSSR count). The van der Waals surface area contributed by atoms with Crippen molar-refractivity contribution in [1.82, 2.24) is 0 Å². The molecule has 0 amide bonds. The molecule has 0 aliphatic heterocycles. The molecule has 0 aliphatic carbocycles. The maximum atomic E-state index is 13.1. The highest BCUT2D eigenvalue weighted by atomic mass is 35.5. The molecule has 12 heavy (non-hydrogen) atoms. The number of hydrogen-bond acceptors (Lipinski definition) is 1. The molecule has 1 aromatic rings. The van der Waals surface area contributed by atoms with Crippen molar-refractivity contribution in [1.29, 1.82) is 0 Å². The molecule has 0 atom stereocenters. The van der Waals surface area contributed by atoms with Crippen LogP contribution in [0.1, 0.15) is 12.5 Å². The Morgan fingerprint density at radius 2 is 2.17 bits per heavy atom. The Labute approximate surface area is 76.1 Å². The zero-order chi connectivity index (χ0) is 9.14. The minimum Gasteiger partial charge on any atom is -0.497 e. The number of benzene rings is 1. The second-order valence-electron chi connectivity index (χ2n) is 2.42. The van der Waals surface area contributed by atoms with Gasteiger partial charge in [-0.3, -0.25) is 0 Å². The van der Waals surface area contributed by atoms with Crippen LogP contribution >= 0.6 is 11.6 Å². The van der Waals surface area contributed by atoms with Gasteiger partial charge < -0.3 is 4.74 Å². The normalized spacial score (nSPS) is 10.0. The lowest BCUT2D eigenvalue weighted by Crippen LogP contribution is -1.91. The van der Waals surface area contributed by atoms with Gasteiger partial charge in [-0.25, -0.2) is 4.39 Å². The van der Waals surface area contributed by atoms with Crippen LogP contribution in [-0.4, -0.2) is 7.11 Å². The third-order valence-electron chi connectivity index (χ3n) is 1.70. The van der Waals surface area contributed by atoms with Gasteiger partial charge in [0.25, 0.3) is 0 Å². The van der Waals surface area contributed by atoms with Gasteiger partial charge in [0.1, 0.15) is 11.6 Å². The Kier molecular flexibility index (Phi) is 2.93. The van der Waals surface area contributed by atoms with E-state index >= 15 is 0 Å². The number of hydrogen-bond donors (Lipinski definition) is 0. The van der Waals surface area contributed by atoms with Crippen molar-refractivity contribution >= 4 is 11.6 Å². The minimum absolute atomic E-state index is 0.304. The summed E-state index contributed by atoms with van der Waals surface area (Å²) in [5.41, 5.74) is 0.539. The van der Waals surface area contributed by atoms with Crippen LogP contribution in [0.5, 0.6) is 5.75 Å². The smallest absolute Gasteiger partial charge is 0.131 e. The fourth-order valence-electron chi connectivity index (χ4n) is 1.04. The first-order valence-electron chi connectivity index (χ1n) is 3.71. The molecule has 0 saturated heterocycles. The van der Waals surface area contributed by atoms with E-state index in [2.05, 4.69) is 0 Å². The first kappa shape index (κ1) is 9.33. The molecule has 0 heterocycles. The van der Waals surface area contributed by atoms with E-state index in [-0.39, 0.29) is 5.82 Å². The molecular formula is C9H10ClFO. The van der Waals surface area contributed by atoms with Gasteiger partial charge in [0, 0.05) is 11.6 Å². The average molecular weight is 189 g/mol. The van der Waals surface area contributed by atoms with E-state index in [1.165, 1.54) is 13.2 Å². The minimum atomic E-state index is -0.304. The second kappa shape index (κ2) is 3.76. The highest BCUT2D eigenvalue weighted by Gasteiger charge is 2.07. The third kappa shape index (κ3) is 1.69. The molecule has 0 aliphatic rings. The predicted molar refractivity (Wildman–Crippen MR) is 47.3 cm³/mol. The molecule has 0 saturated carbocycles. The lowest BCUT2D eigenvalue weighted by Gasteiger charge is -2.05. The van der Waals surface area contributed by atoms with Gasteiger partial charge in [-0.1, -0.05) is 18.5 Å². The Morgan fingerprint density at radius 3 is 2.58 bits per heavy atom. The van der Waals surface area contributed by atoms with Crippen molar-refractivity contribution in [3.63, 3.8) is 0 Å². The van der Waals surface area contributed by atoms with E-state index < -0.39 is 0 Å². The van der Waals surface area contributed by atoms with Gasteiger partial charge >= 0.3 is 0 Å². The van der Waals surface area contributed by atoms with Gasteiger partial charge in [0.15, 0.2) is 0 Å². The highest BCUT2D eigenvalue weighted by molar-refractivity contribution is 6.31. The summed E-state index contributed by atoms with van der Waals surface area (Å²) in [5.74, 6) is 0.150. The van der Waals surface area contributed by atoms with Crippen molar-refractivity contribution in [2.75, 3.05) is 7.11 Å². The van der Waals surface area contributed by atoms with E-state index in [4.69, 9.17) is 16.3 Å². The molecular weight excluding hydrogens is 179 g/mol. The summed E-state index contributed by atoms with van der Waals surface area (Å²) in [6.45, 7) is 1.86. The number of methoxy groups -OCH3 is 1. The summed E-state index contributed by atoms with van der Waals surface area (Å²) in [6, 6.07) is 2.95. The van der Waals surface area contributed by atoms with E-state index in [0.29, 0.717) is 22.8 Å². The summed E-state index contributed by atoms with van der Waals surface area (Å²) in [7, 11) is 1.48. The van der Waals surface area contributed by atoms with Crippen LogP contribution in [-0.2, 0) is 6.42 Å². The van der Waals surface area contributed by atoms with E-state index in [1.54, 1.807) is 6.07 Å². The Hall–Kier alpha value is -0.760. The topological polar surface area (TPSA) is 9.23 Å². The summed E-state index contributed by atoms with van der Waals surface area (Å²) in [6.07, 6.45) is 0.592. The van der Waals surface area contributed by atoms with Crippen LogP contribution in [0, 0.1) is 5.82 Å². The van der Waals surface area contributed by atoms with Crippen molar-refractivity contribution in [3.8, 4) is 5.75 Å². The quantitative estimate of drug-likeness (QED) is 0.693. The summed E-state index contributed by atoms with van der Waals surface area (Å²) in [5, 5.41) is 0.425. The Morgan fingerprint density at radius 1 is 1.50 bits per heavy atom. The van der Waals surface area contributed by atoms with Crippen LogP contribution in [0.3, 0.4) is 0 Å². The maximum absolute atomic E-state index is 13.1. The van der Waals surface area contributed by atoms with Gasteiger partial charge in [0.2, 0.25) is 0 Å². The maximum Gasteiger partial charge on any atom is 0.131 e. The SMILES string of the molecule is CCc1c(F)cc(OC)cc1Cl. The molecule has 0 unspecified atom stereocenters. The number of rotatable bonds is 2. The van der Waals surface area contributed by atoms with Crippen LogP contribution in [0.4, 0.5) is 4.39 Å². The van der Waals surface area contributed by atoms with Gasteiger partial charge in [-0.05, 0) is 12.5 Å². The van der Waals surface area contributed by atoms with Crippen LogP contribution in [0.15, 0.2) is 12.1 Å². The number of ether oxygens (including phenoxy) is 1. The van der Waals surface area contributed by atoms with Crippen LogP contribution in [0.2, 0.25) is 5.02 Å². The molecule has 3 heteroatoms. The standard InChI is InChI=1S/C9H10ClFO/c1-3-7-8(10)4-6(12-2)5-9(7)11/h4-5H,3H2,1-2H3. The van der Waals surface area contributed by atoms with Crippen LogP contribution in [0.25, 0.3) is 0 Å². The molecule has 1 aromatic carbocycles. The zero-order valence-electron chi connectivity index (χ0n) is 7.03. The molecule has 0 fully saturated rings. The molecule has 0 bridgehead atoms. The predicted octanol–water partition coefficient (Wildman–Crippen LogP) is 3.05. The summed E-state index contributed by atoms with van der Waals surface area (Å²) in [4.78, 5) is 0. The summed E-state index contributed by atoms with van der Waals surface area (Å²) < 4.78 is 18.0. The van der Waals surface area contributed by atoms with Crippen molar-refractivity contribution in [2.24, 2.45) is 0 Å². The molecule has 0 aromatic heterocycles. The highest BCUT2D eigenvalue weighted by Crippen LogP contribution is 2.25. The van der Waals surface area contributed by atoms with E-state index in [0.717, 1.165) is 0 Å². The van der Waals surface area contributed by atoms with Gasteiger partial charge in [-0.2, -0.15) is 0 Å². The fraction of sp³-hybridized carbons (Fsp3) is 0.333. The van der Waals surface area contributed by atoms with E-state index in [1.807, 2.05) is 6.92 Å². The second-order valence-corrected chi connectivity index (χ2v) is 2.83. The van der Waals surface area contributed by atoms with Crippen molar-refractivity contribution in [2.45, 2.75) is 13.3 Å². The lowest BCUT2D eigenvalue weighted by atomic mass is 10.1. The summed E-state index contributed by atoms with van der Waals surface area (Å²) >= 11 is 5.79. The van der Waals surface area contributed by atoms with Crippen molar-refractivity contribution < 1.29 is 9.13 Å². The first-order valence-corrected chi connectivity index (χ1v) is 4.08. The van der Waals surface area contributed by atoms with Gasteiger partial charge in [-0.15, -0.1) is 0 Å². The number of halogens is 2. The fourth-order valence-corrected chi connectivity index (χ4v) is 1.37. The largest absolute Gasteiger partial charge is 0.497 e. The average Bonchev–Trinajstić information content (AvgIpc) is 2.03. The molecule has 0 N–H and O–H groups in total. The monoisotopic (exact) mass is 188 g/mol. The van der Waals surface area contributed by atoms with Gasteiger partial charge in [0.05, 0.1) is 12.1 Å².